The molecule has 0 aliphatic carbocycles. The summed E-state index contributed by atoms with van der Waals surface area (Å²) in [5.41, 5.74) is 0. The number of esters is 1. The predicted molar refractivity (Wildman–Crippen MR) is 64.3 cm³/mol. The second-order valence-corrected chi connectivity index (χ2v) is 3.98. The predicted octanol–water partition coefficient (Wildman–Crippen LogP) is 1.47. The summed E-state index contributed by atoms with van der Waals surface area (Å²) < 4.78 is 4.84. The van der Waals surface area contributed by atoms with Gasteiger partial charge < -0.3 is 15.2 Å². The molecule has 96 valence electrons. The van der Waals surface area contributed by atoms with Crippen LogP contribution in [0, 0.1) is 0 Å². The molecule has 0 aromatic heterocycles. The van der Waals surface area contributed by atoms with Crippen molar-refractivity contribution in [3.63, 3.8) is 0 Å². The first-order valence-corrected chi connectivity index (χ1v) is 6.20. The van der Waals surface area contributed by atoms with Gasteiger partial charge in [0, 0.05) is 19.1 Å². The number of unbranched alkanes of at least 4 members (excludes halogenated alkanes) is 2. The summed E-state index contributed by atoms with van der Waals surface area (Å²) in [7, 11) is 0. The van der Waals surface area contributed by atoms with E-state index in [2.05, 4.69) is 12.2 Å². The number of aliphatic hydroxyl groups is 1. The van der Waals surface area contributed by atoms with Crippen molar-refractivity contribution in [1.82, 2.24) is 5.32 Å². The van der Waals surface area contributed by atoms with Crippen LogP contribution in [-0.4, -0.2) is 36.9 Å². The zero-order valence-corrected chi connectivity index (χ0v) is 10.5. The number of aliphatic hydroxyl groups excluding tert-OH is 1. The number of hydrogen-bond donors (Lipinski definition) is 2. The van der Waals surface area contributed by atoms with Crippen molar-refractivity contribution >= 4 is 5.97 Å². The van der Waals surface area contributed by atoms with Crippen molar-refractivity contribution in [3.8, 4) is 0 Å². The van der Waals surface area contributed by atoms with Crippen molar-refractivity contribution in [3.05, 3.63) is 0 Å². The SMILES string of the molecule is CCOC(=O)CCCCCNC(C)CCO. The molecule has 0 rings (SSSR count). The zero-order chi connectivity index (χ0) is 12.2. The molecule has 0 aliphatic rings. The van der Waals surface area contributed by atoms with Gasteiger partial charge in [-0.05, 0) is 39.7 Å². The van der Waals surface area contributed by atoms with Gasteiger partial charge in [0.15, 0.2) is 0 Å². The van der Waals surface area contributed by atoms with Gasteiger partial charge in [-0.1, -0.05) is 6.42 Å². The molecule has 0 radical (unpaired) electrons. The van der Waals surface area contributed by atoms with Crippen LogP contribution in [0.5, 0.6) is 0 Å². The van der Waals surface area contributed by atoms with Gasteiger partial charge in [0.2, 0.25) is 0 Å². The molecule has 4 heteroatoms. The Bertz CT molecular complexity index is 174. The first-order chi connectivity index (χ1) is 7.70. The summed E-state index contributed by atoms with van der Waals surface area (Å²) in [4.78, 5) is 11.0. The first-order valence-electron chi connectivity index (χ1n) is 6.20. The molecule has 0 aliphatic heterocycles. The van der Waals surface area contributed by atoms with Crippen LogP contribution in [0.25, 0.3) is 0 Å². The van der Waals surface area contributed by atoms with E-state index in [0.29, 0.717) is 19.1 Å². The molecular weight excluding hydrogens is 206 g/mol. The minimum Gasteiger partial charge on any atom is -0.466 e. The van der Waals surface area contributed by atoms with Gasteiger partial charge in [-0.3, -0.25) is 4.79 Å². The van der Waals surface area contributed by atoms with E-state index in [9.17, 15) is 4.79 Å². The lowest BCUT2D eigenvalue weighted by Crippen LogP contribution is -2.27. The monoisotopic (exact) mass is 231 g/mol. The van der Waals surface area contributed by atoms with Crippen LogP contribution in [0.1, 0.15) is 46.0 Å². The highest BCUT2D eigenvalue weighted by molar-refractivity contribution is 5.69. The molecule has 0 spiro atoms. The van der Waals surface area contributed by atoms with Crippen LogP contribution in [0.3, 0.4) is 0 Å². The van der Waals surface area contributed by atoms with Crippen LogP contribution in [0.15, 0.2) is 0 Å². The Kier molecular flexibility index (Phi) is 10.5. The molecule has 0 fully saturated rings. The van der Waals surface area contributed by atoms with Gasteiger partial charge >= 0.3 is 5.97 Å². The molecule has 0 aromatic carbocycles. The van der Waals surface area contributed by atoms with E-state index in [1.807, 2.05) is 6.92 Å². The lowest BCUT2D eigenvalue weighted by Gasteiger charge is -2.11. The highest BCUT2D eigenvalue weighted by Gasteiger charge is 2.01. The van der Waals surface area contributed by atoms with E-state index < -0.39 is 0 Å². The maximum Gasteiger partial charge on any atom is 0.305 e. The van der Waals surface area contributed by atoms with Crippen molar-refractivity contribution < 1.29 is 14.6 Å². The van der Waals surface area contributed by atoms with Crippen molar-refractivity contribution in [2.24, 2.45) is 0 Å². The topological polar surface area (TPSA) is 58.6 Å². The minimum atomic E-state index is -0.0934. The molecule has 0 heterocycles. The van der Waals surface area contributed by atoms with Crippen LogP contribution in [-0.2, 0) is 9.53 Å². The highest BCUT2D eigenvalue weighted by atomic mass is 16.5. The number of carbonyl (C=O) groups is 1. The lowest BCUT2D eigenvalue weighted by molar-refractivity contribution is -0.143. The molecule has 1 atom stereocenters. The Labute approximate surface area is 98.4 Å². The number of nitrogens with one attached hydrogen (secondary N) is 1. The van der Waals surface area contributed by atoms with E-state index in [-0.39, 0.29) is 12.6 Å². The molecule has 16 heavy (non-hydrogen) atoms. The van der Waals surface area contributed by atoms with Crippen molar-refractivity contribution in [2.45, 2.75) is 52.0 Å². The standard InChI is InChI=1S/C12H25NO3/c1-3-16-12(15)7-5-4-6-9-13-11(2)8-10-14/h11,13-14H,3-10H2,1-2H3. The van der Waals surface area contributed by atoms with E-state index in [1.165, 1.54) is 0 Å². The average molecular weight is 231 g/mol. The molecule has 0 saturated heterocycles. The Morgan fingerprint density at radius 1 is 1.38 bits per heavy atom. The number of carbonyl (C=O) groups excluding carboxylic acids is 1. The average Bonchev–Trinajstić information content (AvgIpc) is 2.24. The van der Waals surface area contributed by atoms with E-state index in [0.717, 1.165) is 32.2 Å². The van der Waals surface area contributed by atoms with Crippen LogP contribution >= 0.6 is 0 Å². The molecule has 0 saturated carbocycles. The molecule has 4 nitrogen and oxygen atoms in total. The summed E-state index contributed by atoms with van der Waals surface area (Å²) >= 11 is 0. The quantitative estimate of drug-likeness (QED) is 0.441. The molecule has 0 bridgehead atoms. The maximum atomic E-state index is 11.0. The first kappa shape index (κ1) is 15.4. The summed E-state index contributed by atoms with van der Waals surface area (Å²) in [6.07, 6.45) is 4.32. The Balaban J connectivity index is 3.18. The Morgan fingerprint density at radius 2 is 2.12 bits per heavy atom. The van der Waals surface area contributed by atoms with Gasteiger partial charge in [0.25, 0.3) is 0 Å². The third-order valence-electron chi connectivity index (χ3n) is 2.42. The number of hydrogen-bond acceptors (Lipinski definition) is 4. The molecule has 1 unspecified atom stereocenters. The second kappa shape index (κ2) is 10.9. The van der Waals surface area contributed by atoms with E-state index in [1.54, 1.807) is 0 Å². The third-order valence-corrected chi connectivity index (χ3v) is 2.42. The largest absolute Gasteiger partial charge is 0.466 e. The van der Waals surface area contributed by atoms with Crippen molar-refractivity contribution in [2.75, 3.05) is 19.8 Å². The fourth-order valence-corrected chi connectivity index (χ4v) is 1.45. The third kappa shape index (κ3) is 9.93. The summed E-state index contributed by atoms with van der Waals surface area (Å²) in [5.74, 6) is -0.0934. The fraction of sp³-hybridized carbons (Fsp3) is 0.917. The minimum absolute atomic E-state index is 0.0934. The normalized spacial score (nSPS) is 12.4. The Morgan fingerprint density at radius 3 is 2.75 bits per heavy atom. The molecular formula is C12H25NO3. The van der Waals surface area contributed by atoms with Crippen LogP contribution in [0.4, 0.5) is 0 Å². The summed E-state index contributed by atoms with van der Waals surface area (Å²) in [5, 5.41) is 12.0. The highest BCUT2D eigenvalue weighted by Crippen LogP contribution is 2.01. The maximum absolute atomic E-state index is 11.0. The van der Waals surface area contributed by atoms with Gasteiger partial charge in [-0.2, -0.15) is 0 Å². The van der Waals surface area contributed by atoms with Crippen LogP contribution < -0.4 is 5.32 Å². The second-order valence-electron chi connectivity index (χ2n) is 3.98. The van der Waals surface area contributed by atoms with Crippen molar-refractivity contribution in [1.29, 1.82) is 0 Å². The van der Waals surface area contributed by atoms with Gasteiger partial charge in [0.05, 0.1) is 6.61 Å². The Hall–Kier alpha value is -0.610. The van der Waals surface area contributed by atoms with Gasteiger partial charge in [-0.15, -0.1) is 0 Å². The molecule has 2 N–H and O–H groups in total. The molecule has 0 amide bonds. The number of rotatable bonds is 10. The molecule has 0 aromatic rings. The van der Waals surface area contributed by atoms with Gasteiger partial charge in [-0.25, -0.2) is 0 Å². The van der Waals surface area contributed by atoms with E-state index in [4.69, 9.17) is 9.84 Å². The smallest absolute Gasteiger partial charge is 0.305 e. The van der Waals surface area contributed by atoms with E-state index >= 15 is 0 Å². The summed E-state index contributed by atoms with van der Waals surface area (Å²) in [6, 6.07) is 0.370. The summed E-state index contributed by atoms with van der Waals surface area (Å²) in [6.45, 7) is 5.54. The zero-order valence-electron chi connectivity index (χ0n) is 10.5. The number of ether oxygens (including phenoxy) is 1. The van der Waals surface area contributed by atoms with Crippen LogP contribution in [0.2, 0.25) is 0 Å². The van der Waals surface area contributed by atoms with Gasteiger partial charge in [0.1, 0.15) is 0 Å². The lowest BCUT2D eigenvalue weighted by atomic mass is 10.2. The fourth-order valence-electron chi connectivity index (χ4n) is 1.45.